The fourth-order valence-electron chi connectivity index (χ4n) is 2.46. The van der Waals surface area contributed by atoms with Crippen molar-refractivity contribution in [3.63, 3.8) is 0 Å². The van der Waals surface area contributed by atoms with Gasteiger partial charge < -0.3 is 5.32 Å². The lowest BCUT2D eigenvalue weighted by Crippen LogP contribution is -2.13. The number of carbonyl (C=O) groups is 1. The summed E-state index contributed by atoms with van der Waals surface area (Å²) in [5.74, 6) is 0.181. The van der Waals surface area contributed by atoms with Gasteiger partial charge in [-0.1, -0.05) is 6.07 Å². The Labute approximate surface area is 142 Å². The normalized spacial score (nSPS) is 13.9. The quantitative estimate of drug-likeness (QED) is 0.772. The number of aromatic nitrogens is 3. The number of anilines is 1. The molecule has 7 heteroatoms. The summed E-state index contributed by atoms with van der Waals surface area (Å²) in [6.07, 6.45) is 7.82. The predicted molar refractivity (Wildman–Crippen MR) is 89.9 cm³/mol. The molecule has 1 saturated carbocycles. The number of benzene rings is 1. The number of carbonyl (C=O) groups excluding carboxylic acids is 1. The second kappa shape index (κ2) is 6.16. The molecule has 1 aromatic carbocycles. The maximum Gasteiger partial charge on any atom is 0.230 e. The van der Waals surface area contributed by atoms with Crippen LogP contribution in [0.1, 0.15) is 29.2 Å². The van der Waals surface area contributed by atoms with Gasteiger partial charge in [0.15, 0.2) is 5.13 Å². The Morgan fingerprint density at radius 1 is 1.38 bits per heavy atom. The van der Waals surface area contributed by atoms with E-state index in [9.17, 15) is 9.18 Å². The minimum atomic E-state index is -0.322. The Kier molecular flexibility index (Phi) is 3.86. The maximum absolute atomic E-state index is 13.3. The first-order chi connectivity index (χ1) is 11.7. The monoisotopic (exact) mass is 342 g/mol. The minimum absolute atomic E-state index is 0.134. The number of rotatable bonds is 5. The van der Waals surface area contributed by atoms with Gasteiger partial charge in [0.05, 0.1) is 18.3 Å². The van der Waals surface area contributed by atoms with E-state index in [4.69, 9.17) is 0 Å². The average molecular weight is 342 g/mol. The molecule has 1 aliphatic carbocycles. The summed E-state index contributed by atoms with van der Waals surface area (Å²) in [6, 6.07) is 6.16. The Hall–Kier alpha value is -2.54. The molecule has 1 amide bonds. The van der Waals surface area contributed by atoms with E-state index in [0.29, 0.717) is 16.7 Å². The zero-order valence-electron chi connectivity index (χ0n) is 12.8. The van der Waals surface area contributed by atoms with E-state index in [1.165, 1.54) is 29.9 Å². The molecule has 0 spiro atoms. The number of hydrogen-bond acceptors (Lipinski definition) is 4. The summed E-state index contributed by atoms with van der Waals surface area (Å²) in [6.45, 7) is 0. The molecule has 0 bridgehead atoms. The molecule has 0 saturated heterocycles. The molecule has 24 heavy (non-hydrogen) atoms. The van der Waals surface area contributed by atoms with Crippen molar-refractivity contribution in [2.24, 2.45) is 0 Å². The van der Waals surface area contributed by atoms with Gasteiger partial charge in [0, 0.05) is 17.3 Å². The summed E-state index contributed by atoms with van der Waals surface area (Å²) in [5.41, 5.74) is 1.38. The summed E-state index contributed by atoms with van der Waals surface area (Å²) >= 11 is 1.54. The molecule has 0 unspecified atom stereocenters. The van der Waals surface area contributed by atoms with Crippen molar-refractivity contribution >= 4 is 22.4 Å². The third-order valence-electron chi connectivity index (χ3n) is 3.82. The molecule has 3 aromatic rings. The average Bonchev–Trinajstić information content (AvgIpc) is 3.13. The largest absolute Gasteiger partial charge is 0.302 e. The van der Waals surface area contributed by atoms with E-state index >= 15 is 0 Å². The number of hydrogen-bond donors (Lipinski definition) is 1. The smallest absolute Gasteiger partial charge is 0.230 e. The fourth-order valence-corrected chi connectivity index (χ4v) is 3.46. The Bertz CT molecular complexity index is 884. The van der Waals surface area contributed by atoms with Crippen molar-refractivity contribution in [3.05, 3.63) is 59.1 Å². The molecule has 4 rings (SSSR count). The van der Waals surface area contributed by atoms with Crippen molar-refractivity contribution in [3.8, 4) is 5.69 Å². The second-order valence-corrected chi connectivity index (χ2v) is 6.90. The van der Waals surface area contributed by atoms with E-state index in [1.54, 1.807) is 40.5 Å². The maximum atomic E-state index is 13.3. The van der Waals surface area contributed by atoms with Crippen LogP contribution in [-0.4, -0.2) is 20.7 Å². The number of nitrogens with zero attached hydrogens (tertiary/aromatic N) is 3. The van der Waals surface area contributed by atoms with Crippen LogP contribution >= 0.6 is 11.3 Å². The van der Waals surface area contributed by atoms with Gasteiger partial charge in [0.25, 0.3) is 0 Å². The van der Waals surface area contributed by atoms with Crippen molar-refractivity contribution in [2.45, 2.75) is 25.2 Å². The molecule has 5 nitrogen and oxygen atoms in total. The van der Waals surface area contributed by atoms with Gasteiger partial charge >= 0.3 is 0 Å². The van der Waals surface area contributed by atoms with Gasteiger partial charge in [-0.2, -0.15) is 5.10 Å². The van der Waals surface area contributed by atoms with Crippen LogP contribution in [0.2, 0.25) is 0 Å². The SMILES string of the molecule is O=C(Cc1cnn(-c2cccc(F)c2)c1)Nc1ncc(C2CC2)s1. The summed E-state index contributed by atoms with van der Waals surface area (Å²) in [7, 11) is 0. The van der Waals surface area contributed by atoms with Crippen LogP contribution in [0.25, 0.3) is 5.69 Å². The second-order valence-electron chi connectivity index (χ2n) is 5.84. The molecular formula is C17H15FN4OS. The van der Waals surface area contributed by atoms with E-state index in [1.807, 2.05) is 6.20 Å². The molecule has 2 aromatic heterocycles. The standard InChI is InChI=1S/C17H15FN4OS/c18-13-2-1-3-14(7-13)22-10-11(8-20-22)6-16(23)21-17-19-9-15(24-17)12-4-5-12/h1-3,7-10,12H,4-6H2,(H,19,21,23). The number of amides is 1. The van der Waals surface area contributed by atoms with Crippen molar-refractivity contribution in [1.82, 2.24) is 14.8 Å². The molecule has 2 heterocycles. The molecule has 1 fully saturated rings. The third kappa shape index (κ3) is 3.35. The topological polar surface area (TPSA) is 59.8 Å². The van der Waals surface area contributed by atoms with Crippen molar-refractivity contribution < 1.29 is 9.18 Å². The van der Waals surface area contributed by atoms with E-state index < -0.39 is 0 Å². The van der Waals surface area contributed by atoms with Gasteiger partial charge in [0.2, 0.25) is 5.91 Å². The zero-order valence-corrected chi connectivity index (χ0v) is 13.6. The van der Waals surface area contributed by atoms with Gasteiger partial charge in [-0.25, -0.2) is 14.1 Å². The van der Waals surface area contributed by atoms with Crippen LogP contribution in [-0.2, 0) is 11.2 Å². The third-order valence-corrected chi connectivity index (χ3v) is 4.90. The highest BCUT2D eigenvalue weighted by atomic mass is 32.1. The van der Waals surface area contributed by atoms with Gasteiger partial charge in [-0.05, 0) is 42.5 Å². The lowest BCUT2D eigenvalue weighted by atomic mass is 10.2. The number of nitrogens with one attached hydrogen (secondary N) is 1. The first-order valence-electron chi connectivity index (χ1n) is 7.72. The highest BCUT2D eigenvalue weighted by molar-refractivity contribution is 7.15. The molecule has 122 valence electrons. The summed E-state index contributed by atoms with van der Waals surface area (Å²) < 4.78 is 14.8. The van der Waals surface area contributed by atoms with E-state index in [-0.39, 0.29) is 18.1 Å². The van der Waals surface area contributed by atoms with Crippen LogP contribution in [0, 0.1) is 5.82 Å². The van der Waals surface area contributed by atoms with Crippen LogP contribution in [0.3, 0.4) is 0 Å². The van der Waals surface area contributed by atoms with Crippen LogP contribution in [0.15, 0.2) is 42.9 Å². The predicted octanol–water partition coefficient (Wildman–Crippen LogP) is 3.53. The summed E-state index contributed by atoms with van der Waals surface area (Å²) in [5, 5.41) is 7.64. The lowest BCUT2D eigenvalue weighted by Gasteiger charge is -2.01. The van der Waals surface area contributed by atoms with Gasteiger partial charge in [-0.3, -0.25) is 4.79 Å². The number of halogens is 1. The van der Waals surface area contributed by atoms with Crippen molar-refractivity contribution in [1.29, 1.82) is 0 Å². The van der Waals surface area contributed by atoms with E-state index in [2.05, 4.69) is 15.4 Å². The van der Waals surface area contributed by atoms with E-state index in [0.717, 1.165) is 5.56 Å². The Balaban J connectivity index is 1.40. The van der Waals surface area contributed by atoms with Crippen LogP contribution in [0.5, 0.6) is 0 Å². The lowest BCUT2D eigenvalue weighted by molar-refractivity contribution is -0.115. The molecule has 0 radical (unpaired) electrons. The van der Waals surface area contributed by atoms with Gasteiger partial charge in [0.1, 0.15) is 5.82 Å². The van der Waals surface area contributed by atoms with Crippen molar-refractivity contribution in [2.75, 3.05) is 5.32 Å². The molecule has 1 N–H and O–H groups in total. The zero-order chi connectivity index (χ0) is 16.5. The molecule has 0 aliphatic heterocycles. The minimum Gasteiger partial charge on any atom is -0.302 e. The summed E-state index contributed by atoms with van der Waals surface area (Å²) in [4.78, 5) is 17.6. The molecule has 0 atom stereocenters. The van der Waals surface area contributed by atoms with Crippen LogP contribution < -0.4 is 5.32 Å². The fraction of sp³-hybridized carbons (Fsp3) is 0.235. The Morgan fingerprint density at radius 3 is 3.04 bits per heavy atom. The van der Waals surface area contributed by atoms with Gasteiger partial charge in [-0.15, -0.1) is 11.3 Å². The number of thiazole rings is 1. The Morgan fingerprint density at radius 2 is 2.25 bits per heavy atom. The first-order valence-corrected chi connectivity index (χ1v) is 8.54. The molecular weight excluding hydrogens is 327 g/mol. The highest BCUT2D eigenvalue weighted by Crippen LogP contribution is 2.43. The first kappa shape index (κ1) is 15.0. The molecule has 1 aliphatic rings. The van der Waals surface area contributed by atoms with Crippen LogP contribution in [0.4, 0.5) is 9.52 Å². The highest BCUT2D eigenvalue weighted by Gasteiger charge is 2.25.